The van der Waals surface area contributed by atoms with E-state index in [-0.39, 0.29) is 5.95 Å². The normalized spacial score (nSPS) is 9.95. The molecule has 0 radical (unpaired) electrons. The minimum atomic E-state index is -0.796. The summed E-state index contributed by atoms with van der Waals surface area (Å²) in [7, 11) is 1.54. The first-order valence-corrected chi connectivity index (χ1v) is 5.25. The zero-order chi connectivity index (χ0) is 13.8. The number of aromatic nitrogens is 2. The number of rotatable bonds is 4. The minimum Gasteiger partial charge on any atom is -0.497 e. The van der Waals surface area contributed by atoms with Crippen LogP contribution in [0, 0.1) is 10.1 Å². The first-order chi connectivity index (χ1) is 9.08. The molecule has 0 atom stereocenters. The average molecular weight is 262 g/mol. The number of nitrogens with one attached hydrogen (secondary N) is 2. The lowest BCUT2D eigenvalue weighted by molar-refractivity contribution is -0.446. The fourth-order valence-corrected chi connectivity index (χ4v) is 1.51. The summed E-state index contributed by atoms with van der Waals surface area (Å²) >= 11 is 0. The Balaban J connectivity index is 2.40. The topological polar surface area (TPSA) is 110 Å². The van der Waals surface area contributed by atoms with Crippen molar-refractivity contribution in [2.75, 3.05) is 12.5 Å². The van der Waals surface area contributed by atoms with E-state index in [9.17, 15) is 14.9 Å². The van der Waals surface area contributed by atoms with Gasteiger partial charge in [-0.2, -0.15) is 0 Å². The second-order valence-electron chi connectivity index (χ2n) is 3.58. The Morgan fingerprint density at radius 3 is 2.63 bits per heavy atom. The number of aromatic amines is 1. The van der Waals surface area contributed by atoms with Gasteiger partial charge in [0.05, 0.1) is 12.8 Å². The molecule has 0 aliphatic heterocycles. The highest BCUT2D eigenvalue weighted by Crippen LogP contribution is 2.20. The Bertz CT molecular complexity index is 650. The standard InChI is InChI=1S/C11H10N4O4/c1-19-8-4-2-7(3-5-8)9-6-10(16)13-11(12-9)14-15(17)18/h2-6H,1H3,(H2,12,13,14,16). The molecule has 2 aromatic rings. The summed E-state index contributed by atoms with van der Waals surface area (Å²) in [6.45, 7) is 0. The Morgan fingerprint density at radius 1 is 1.37 bits per heavy atom. The van der Waals surface area contributed by atoms with Crippen LogP contribution in [0.1, 0.15) is 0 Å². The van der Waals surface area contributed by atoms with Crippen molar-refractivity contribution in [3.8, 4) is 17.0 Å². The first kappa shape index (κ1) is 12.6. The van der Waals surface area contributed by atoms with Crippen LogP contribution in [0.4, 0.5) is 5.95 Å². The van der Waals surface area contributed by atoms with Gasteiger partial charge < -0.3 is 4.74 Å². The molecule has 2 rings (SSSR count). The molecule has 0 saturated carbocycles. The summed E-state index contributed by atoms with van der Waals surface area (Å²) < 4.78 is 5.02. The van der Waals surface area contributed by atoms with Crippen LogP contribution in [0.2, 0.25) is 0 Å². The van der Waals surface area contributed by atoms with E-state index in [1.807, 2.05) is 5.43 Å². The molecule has 8 heteroatoms. The summed E-state index contributed by atoms with van der Waals surface area (Å²) in [6.07, 6.45) is 0. The predicted molar refractivity (Wildman–Crippen MR) is 67.5 cm³/mol. The summed E-state index contributed by atoms with van der Waals surface area (Å²) in [5.74, 6) is 0.445. The van der Waals surface area contributed by atoms with Gasteiger partial charge in [-0.25, -0.2) is 15.1 Å². The van der Waals surface area contributed by atoms with Crippen LogP contribution in [-0.4, -0.2) is 22.1 Å². The lowest BCUT2D eigenvalue weighted by atomic mass is 10.1. The van der Waals surface area contributed by atoms with Gasteiger partial charge in [-0.3, -0.25) is 9.78 Å². The van der Waals surface area contributed by atoms with Crippen molar-refractivity contribution in [1.82, 2.24) is 9.97 Å². The third-order valence-electron chi connectivity index (χ3n) is 2.32. The van der Waals surface area contributed by atoms with Crippen LogP contribution in [0.3, 0.4) is 0 Å². The van der Waals surface area contributed by atoms with Crippen molar-refractivity contribution in [3.05, 3.63) is 50.8 Å². The van der Waals surface area contributed by atoms with E-state index >= 15 is 0 Å². The van der Waals surface area contributed by atoms with Crippen LogP contribution < -0.4 is 15.7 Å². The van der Waals surface area contributed by atoms with E-state index in [2.05, 4.69) is 9.97 Å². The molecule has 0 unspecified atom stereocenters. The van der Waals surface area contributed by atoms with Crippen molar-refractivity contribution >= 4 is 5.95 Å². The monoisotopic (exact) mass is 262 g/mol. The van der Waals surface area contributed by atoms with Crippen molar-refractivity contribution in [2.45, 2.75) is 0 Å². The maximum atomic E-state index is 11.4. The Morgan fingerprint density at radius 2 is 2.05 bits per heavy atom. The number of hydrazine groups is 1. The van der Waals surface area contributed by atoms with Gasteiger partial charge in [0.1, 0.15) is 5.75 Å². The Kier molecular flexibility index (Phi) is 3.42. The molecule has 0 saturated heterocycles. The second kappa shape index (κ2) is 5.17. The average Bonchev–Trinajstić information content (AvgIpc) is 2.37. The molecule has 0 aliphatic carbocycles. The van der Waals surface area contributed by atoms with E-state index in [0.717, 1.165) is 0 Å². The summed E-state index contributed by atoms with van der Waals surface area (Å²) in [5.41, 5.74) is 2.31. The lowest BCUT2D eigenvalue weighted by Crippen LogP contribution is -2.16. The van der Waals surface area contributed by atoms with Gasteiger partial charge in [0.2, 0.25) is 0 Å². The number of anilines is 1. The summed E-state index contributed by atoms with van der Waals surface area (Å²) in [5, 5.41) is 9.53. The highest BCUT2D eigenvalue weighted by Gasteiger charge is 2.07. The molecule has 98 valence electrons. The number of nitro groups is 1. The van der Waals surface area contributed by atoms with Crippen molar-refractivity contribution in [2.24, 2.45) is 0 Å². The van der Waals surface area contributed by atoms with Crippen molar-refractivity contribution in [1.29, 1.82) is 0 Å². The van der Waals surface area contributed by atoms with Gasteiger partial charge >= 0.3 is 0 Å². The lowest BCUT2D eigenvalue weighted by Gasteiger charge is -2.04. The van der Waals surface area contributed by atoms with Crippen LogP contribution >= 0.6 is 0 Å². The molecule has 1 heterocycles. The highest BCUT2D eigenvalue weighted by atomic mass is 16.7. The molecule has 8 nitrogen and oxygen atoms in total. The van der Waals surface area contributed by atoms with Gasteiger partial charge in [-0.05, 0) is 24.3 Å². The number of hydrogen-bond donors (Lipinski definition) is 2. The van der Waals surface area contributed by atoms with Crippen LogP contribution in [0.5, 0.6) is 5.75 Å². The van der Waals surface area contributed by atoms with Crippen LogP contribution in [0.15, 0.2) is 35.1 Å². The van der Waals surface area contributed by atoms with Gasteiger partial charge in [-0.15, -0.1) is 0 Å². The van der Waals surface area contributed by atoms with Gasteiger partial charge in [0, 0.05) is 11.6 Å². The van der Waals surface area contributed by atoms with Gasteiger partial charge in [-0.1, -0.05) is 5.43 Å². The number of nitrogens with zero attached hydrogens (tertiary/aromatic N) is 2. The van der Waals surface area contributed by atoms with Crippen LogP contribution in [-0.2, 0) is 0 Å². The molecule has 2 N–H and O–H groups in total. The smallest absolute Gasteiger partial charge is 0.266 e. The fourth-order valence-electron chi connectivity index (χ4n) is 1.51. The minimum absolute atomic E-state index is 0.219. The molecule has 19 heavy (non-hydrogen) atoms. The second-order valence-corrected chi connectivity index (χ2v) is 3.58. The van der Waals surface area contributed by atoms with Gasteiger partial charge in [0.25, 0.3) is 11.5 Å². The molecule has 0 aliphatic rings. The van der Waals surface area contributed by atoms with Crippen molar-refractivity contribution in [3.63, 3.8) is 0 Å². The number of H-pyrrole nitrogens is 1. The third-order valence-corrected chi connectivity index (χ3v) is 2.32. The van der Waals surface area contributed by atoms with E-state index in [4.69, 9.17) is 4.74 Å². The van der Waals surface area contributed by atoms with E-state index in [1.54, 1.807) is 31.4 Å². The highest BCUT2D eigenvalue weighted by molar-refractivity contribution is 5.60. The van der Waals surface area contributed by atoms with Gasteiger partial charge in [0.15, 0.2) is 5.03 Å². The third kappa shape index (κ3) is 3.06. The number of ether oxygens (including phenoxy) is 1. The van der Waals surface area contributed by atoms with E-state index in [1.165, 1.54) is 6.07 Å². The van der Waals surface area contributed by atoms with Crippen molar-refractivity contribution < 1.29 is 9.77 Å². The quantitative estimate of drug-likeness (QED) is 0.629. The fraction of sp³-hybridized carbons (Fsp3) is 0.0909. The van der Waals surface area contributed by atoms with Crippen LogP contribution in [0.25, 0.3) is 11.3 Å². The Hall–Kier alpha value is -2.90. The van der Waals surface area contributed by atoms with E-state index in [0.29, 0.717) is 17.0 Å². The largest absolute Gasteiger partial charge is 0.497 e. The zero-order valence-corrected chi connectivity index (χ0v) is 9.91. The number of hydrogen-bond acceptors (Lipinski definition) is 5. The molecule has 0 amide bonds. The predicted octanol–water partition coefficient (Wildman–Crippen LogP) is 1.05. The zero-order valence-electron chi connectivity index (χ0n) is 9.91. The SMILES string of the molecule is COc1ccc(-c2cc(=O)[nH]c(N[N+](=O)[O-])n2)cc1. The molecule has 0 bridgehead atoms. The molecule has 0 fully saturated rings. The maximum Gasteiger partial charge on any atom is 0.266 e. The maximum absolute atomic E-state index is 11.4. The summed E-state index contributed by atoms with van der Waals surface area (Å²) in [6, 6.07) is 8.08. The molecule has 1 aromatic carbocycles. The number of benzene rings is 1. The Labute approximate surface area is 107 Å². The molecular weight excluding hydrogens is 252 g/mol. The molecule has 0 spiro atoms. The number of methoxy groups -OCH3 is 1. The van der Waals surface area contributed by atoms with E-state index < -0.39 is 10.6 Å². The molecular formula is C11H10N4O4. The first-order valence-electron chi connectivity index (χ1n) is 5.25. The molecule has 1 aromatic heterocycles. The summed E-state index contributed by atoms with van der Waals surface area (Å²) in [4.78, 5) is 27.9.